The van der Waals surface area contributed by atoms with Crippen LogP contribution in [0.1, 0.15) is 22.3 Å². The van der Waals surface area contributed by atoms with Gasteiger partial charge in [0.15, 0.2) is 5.82 Å². The Morgan fingerprint density at radius 3 is 1.61 bits per heavy atom. The molecule has 0 saturated heterocycles. The van der Waals surface area contributed by atoms with Crippen LogP contribution in [-0.4, -0.2) is 9.97 Å². The maximum absolute atomic E-state index is 5.19. The number of hydrogen-bond donors (Lipinski definition) is 0. The predicted molar refractivity (Wildman–Crippen MR) is 223 cm³/mol. The van der Waals surface area contributed by atoms with E-state index in [2.05, 4.69) is 182 Å². The van der Waals surface area contributed by atoms with Crippen molar-refractivity contribution in [3.8, 4) is 56.0 Å². The van der Waals surface area contributed by atoms with Gasteiger partial charge in [0.25, 0.3) is 0 Å². The van der Waals surface area contributed by atoms with E-state index in [9.17, 15) is 0 Å². The molecule has 9 aromatic rings. The lowest BCUT2D eigenvalue weighted by atomic mass is 9.67. The van der Waals surface area contributed by atoms with Gasteiger partial charge in [0.1, 0.15) is 0 Å². The van der Waals surface area contributed by atoms with Gasteiger partial charge in [-0.3, -0.25) is 0 Å². The van der Waals surface area contributed by atoms with Gasteiger partial charge in [-0.1, -0.05) is 182 Å². The van der Waals surface area contributed by atoms with Crippen LogP contribution in [0.4, 0.5) is 0 Å². The third-order valence-electron chi connectivity index (χ3n) is 11.2. The molecule has 1 aliphatic heterocycles. The summed E-state index contributed by atoms with van der Waals surface area (Å²) in [6, 6.07) is 70.2. The number of rotatable bonds is 4. The summed E-state index contributed by atoms with van der Waals surface area (Å²) in [6.45, 7) is 0. The molecule has 54 heavy (non-hydrogen) atoms. The summed E-state index contributed by atoms with van der Waals surface area (Å²) in [5.41, 5.74) is 16.4. The van der Waals surface area contributed by atoms with Crippen LogP contribution < -0.4 is 0 Å². The number of fused-ring (bicyclic) bond motifs is 10. The highest BCUT2D eigenvalue weighted by Crippen LogP contribution is 2.62. The van der Waals surface area contributed by atoms with E-state index in [1.165, 1.54) is 65.4 Å². The first-order chi connectivity index (χ1) is 26.8. The van der Waals surface area contributed by atoms with Gasteiger partial charge < -0.3 is 0 Å². The van der Waals surface area contributed by atoms with Crippen LogP contribution in [0.3, 0.4) is 0 Å². The molecule has 1 aliphatic carbocycles. The van der Waals surface area contributed by atoms with E-state index >= 15 is 0 Å². The summed E-state index contributed by atoms with van der Waals surface area (Å²) in [6.07, 6.45) is 0. The maximum Gasteiger partial charge on any atom is 0.160 e. The van der Waals surface area contributed by atoms with Gasteiger partial charge in [0.05, 0.1) is 16.6 Å². The monoisotopic (exact) mass is 704 g/mol. The lowest BCUT2D eigenvalue weighted by Gasteiger charge is -2.39. The van der Waals surface area contributed by atoms with Crippen LogP contribution >= 0.6 is 11.8 Å². The first-order valence-corrected chi connectivity index (χ1v) is 19.2. The molecule has 0 fully saturated rings. The Morgan fingerprint density at radius 2 is 0.870 bits per heavy atom. The first kappa shape index (κ1) is 31.0. The van der Waals surface area contributed by atoms with Crippen LogP contribution in [0.5, 0.6) is 0 Å². The molecule has 3 heteroatoms. The van der Waals surface area contributed by atoms with Gasteiger partial charge in [-0.05, 0) is 79.9 Å². The predicted octanol–water partition coefficient (Wildman–Crippen LogP) is 13.1. The zero-order valence-electron chi connectivity index (χ0n) is 29.3. The van der Waals surface area contributed by atoms with Crippen LogP contribution in [-0.2, 0) is 5.41 Å². The SMILES string of the molecule is c1ccc(-c2ccc(-c3nc(-c4ccc(-c5ccc6c(c5)-c5ccccc5C65c6ccccc6Sc6ccccc65)cc4)c4ccccc4n3)cc2)cc1. The average Bonchev–Trinajstić information content (AvgIpc) is 3.54. The largest absolute Gasteiger partial charge is 0.228 e. The Kier molecular flexibility index (Phi) is 7.05. The molecule has 1 spiro atoms. The molecule has 1 aromatic heterocycles. The third-order valence-corrected chi connectivity index (χ3v) is 12.3. The van der Waals surface area contributed by atoms with Gasteiger partial charge in [-0.25, -0.2) is 9.97 Å². The number of benzene rings is 8. The molecule has 2 aliphatic rings. The highest BCUT2D eigenvalue weighted by molar-refractivity contribution is 7.99. The van der Waals surface area contributed by atoms with Crippen molar-refractivity contribution < 1.29 is 0 Å². The molecule has 8 aromatic carbocycles. The van der Waals surface area contributed by atoms with Gasteiger partial charge in [0.2, 0.25) is 0 Å². The average molecular weight is 705 g/mol. The molecule has 0 amide bonds. The summed E-state index contributed by atoms with van der Waals surface area (Å²) < 4.78 is 0. The number of para-hydroxylation sites is 1. The quantitative estimate of drug-likeness (QED) is 0.182. The standard InChI is InChI=1S/C51H32N2S/c1-2-12-33(13-3-1)34-24-28-37(29-25-34)50-52-46-19-9-5-15-40(46)49(53-50)36-26-22-35(23-27-36)38-30-31-43-41(32-38)39-14-4-6-16-42(39)51(43)44-17-7-10-20-47(44)54-48-21-11-8-18-45(48)51/h1-32H. The third kappa shape index (κ3) is 4.68. The molecule has 0 unspecified atom stereocenters. The molecular formula is C51H32N2S. The van der Waals surface area contributed by atoms with Crippen LogP contribution in [0.25, 0.3) is 66.9 Å². The highest BCUT2D eigenvalue weighted by Gasteiger charge is 2.50. The molecule has 0 atom stereocenters. The summed E-state index contributed by atoms with van der Waals surface area (Å²) in [7, 11) is 0. The Balaban J connectivity index is 1.00. The minimum absolute atomic E-state index is 0.361. The van der Waals surface area contributed by atoms with Crippen molar-refractivity contribution in [2.45, 2.75) is 15.2 Å². The zero-order valence-corrected chi connectivity index (χ0v) is 30.1. The molecular weight excluding hydrogens is 673 g/mol. The lowest BCUT2D eigenvalue weighted by Crippen LogP contribution is -2.31. The minimum Gasteiger partial charge on any atom is -0.228 e. The van der Waals surface area contributed by atoms with E-state index in [0.29, 0.717) is 0 Å². The summed E-state index contributed by atoms with van der Waals surface area (Å²) in [5, 5.41) is 1.04. The fourth-order valence-electron chi connectivity index (χ4n) is 8.73. The number of nitrogens with zero attached hydrogens (tertiary/aromatic N) is 2. The maximum atomic E-state index is 5.19. The minimum atomic E-state index is -0.361. The van der Waals surface area contributed by atoms with Gasteiger partial charge in [0, 0.05) is 26.3 Å². The molecule has 0 N–H and O–H groups in total. The summed E-state index contributed by atoms with van der Waals surface area (Å²) in [5.74, 6) is 0.725. The summed E-state index contributed by atoms with van der Waals surface area (Å²) >= 11 is 1.88. The second kappa shape index (κ2) is 12.3. The van der Waals surface area contributed by atoms with E-state index in [1.54, 1.807) is 0 Å². The topological polar surface area (TPSA) is 25.8 Å². The Hall–Kier alpha value is -6.55. The molecule has 0 radical (unpaired) electrons. The first-order valence-electron chi connectivity index (χ1n) is 18.4. The van der Waals surface area contributed by atoms with Crippen molar-refractivity contribution in [3.63, 3.8) is 0 Å². The highest BCUT2D eigenvalue weighted by atomic mass is 32.2. The fraction of sp³-hybridized carbons (Fsp3) is 0.0196. The smallest absolute Gasteiger partial charge is 0.160 e. The van der Waals surface area contributed by atoms with Crippen molar-refractivity contribution in [2.75, 3.05) is 0 Å². The fourth-order valence-corrected chi connectivity index (χ4v) is 9.92. The van der Waals surface area contributed by atoms with Crippen molar-refractivity contribution in [1.82, 2.24) is 9.97 Å². The summed E-state index contributed by atoms with van der Waals surface area (Å²) in [4.78, 5) is 12.8. The molecule has 0 bridgehead atoms. The molecule has 252 valence electrons. The normalized spacial score (nSPS) is 13.3. The molecule has 2 nitrogen and oxygen atoms in total. The lowest BCUT2D eigenvalue weighted by molar-refractivity contribution is 0.722. The van der Waals surface area contributed by atoms with Gasteiger partial charge in [-0.2, -0.15) is 0 Å². The number of aromatic nitrogens is 2. The number of hydrogen-bond acceptors (Lipinski definition) is 3. The zero-order chi connectivity index (χ0) is 35.6. The van der Waals surface area contributed by atoms with Crippen molar-refractivity contribution in [3.05, 3.63) is 216 Å². The van der Waals surface area contributed by atoms with Crippen LogP contribution in [0.15, 0.2) is 204 Å². The Bertz CT molecular complexity index is 2850. The van der Waals surface area contributed by atoms with Crippen LogP contribution in [0.2, 0.25) is 0 Å². The van der Waals surface area contributed by atoms with E-state index < -0.39 is 0 Å². The van der Waals surface area contributed by atoms with Crippen molar-refractivity contribution >= 4 is 22.7 Å². The van der Waals surface area contributed by atoms with E-state index in [-0.39, 0.29) is 5.41 Å². The molecule has 0 saturated carbocycles. The second-order valence-corrected chi connectivity index (χ2v) is 15.2. The molecule has 2 heterocycles. The van der Waals surface area contributed by atoms with E-state index in [1.807, 2.05) is 23.9 Å². The molecule has 11 rings (SSSR count). The van der Waals surface area contributed by atoms with E-state index in [0.717, 1.165) is 33.5 Å². The second-order valence-electron chi connectivity index (χ2n) is 14.1. The Morgan fingerprint density at radius 1 is 0.352 bits per heavy atom. The Labute approximate surface area is 318 Å². The van der Waals surface area contributed by atoms with Gasteiger partial charge >= 0.3 is 0 Å². The van der Waals surface area contributed by atoms with Gasteiger partial charge in [-0.15, -0.1) is 0 Å². The van der Waals surface area contributed by atoms with Crippen molar-refractivity contribution in [1.29, 1.82) is 0 Å². The van der Waals surface area contributed by atoms with Crippen molar-refractivity contribution in [2.24, 2.45) is 0 Å². The van der Waals surface area contributed by atoms with E-state index in [4.69, 9.17) is 9.97 Å². The van der Waals surface area contributed by atoms with Crippen LogP contribution in [0, 0.1) is 0 Å².